The predicted molar refractivity (Wildman–Crippen MR) is 77.5 cm³/mol. The molecule has 1 heterocycles. The van der Waals surface area contributed by atoms with Gasteiger partial charge in [-0.25, -0.2) is 0 Å². The molecule has 0 fully saturated rings. The second-order valence-corrected chi connectivity index (χ2v) is 5.60. The first-order valence-corrected chi connectivity index (χ1v) is 6.77. The number of nitrogens with zero attached hydrogens (tertiary/aromatic N) is 2. The van der Waals surface area contributed by atoms with Gasteiger partial charge in [-0.1, -0.05) is 23.8 Å². The summed E-state index contributed by atoms with van der Waals surface area (Å²) in [6, 6.07) is 6.44. The fraction of sp³-hybridized carbons (Fsp3) is 0.357. The van der Waals surface area contributed by atoms with Crippen LogP contribution in [-0.4, -0.2) is 9.78 Å². The third kappa shape index (κ3) is 2.65. The molecule has 0 aliphatic carbocycles. The Morgan fingerprint density at radius 3 is 2.72 bits per heavy atom. The van der Waals surface area contributed by atoms with Crippen molar-refractivity contribution in [3.05, 3.63) is 51.3 Å². The van der Waals surface area contributed by atoms with Crippen LogP contribution in [0, 0.1) is 13.8 Å². The van der Waals surface area contributed by atoms with Crippen LogP contribution in [0.25, 0.3) is 0 Å². The maximum atomic E-state index is 6.30. The van der Waals surface area contributed by atoms with Crippen LogP contribution < -0.4 is 5.73 Å². The fourth-order valence-electron chi connectivity index (χ4n) is 2.19. The summed E-state index contributed by atoms with van der Waals surface area (Å²) < 4.78 is 2.81. The molecule has 0 aliphatic rings. The molecule has 0 spiro atoms. The van der Waals surface area contributed by atoms with Gasteiger partial charge >= 0.3 is 0 Å². The van der Waals surface area contributed by atoms with E-state index in [9.17, 15) is 0 Å². The Hall–Kier alpha value is -1.13. The molecule has 3 nitrogen and oxygen atoms in total. The fourth-order valence-corrected chi connectivity index (χ4v) is 2.83. The molecule has 1 atom stereocenters. The van der Waals surface area contributed by atoms with E-state index in [1.165, 1.54) is 16.7 Å². The molecular formula is C14H18BrN3. The molecule has 0 saturated carbocycles. The van der Waals surface area contributed by atoms with Crippen molar-refractivity contribution in [1.82, 2.24) is 9.78 Å². The van der Waals surface area contributed by atoms with Crippen LogP contribution in [0.15, 0.2) is 28.9 Å². The number of halogens is 1. The summed E-state index contributed by atoms with van der Waals surface area (Å²) in [5.74, 6) is 0. The zero-order valence-electron chi connectivity index (χ0n) is 10.9. The van der Waals surface area contributed by atoms with E-state index in [4.69, 9.17) is 5.73 Å². The van der Waals surface area contributed by atoms with Crippen molar-refractivity contribution >= 4 is 15.9 Å². The highest BCUT2D eigenvalue weighted by atomic mass is 79.9. The molecule has 0 aliphatic heterocycles. The lowest BCUT2D eigenvalue weighted by Gasteiger charge is -2.15. The summed E-state index contributed by atoms with van der Waals surface area (Å²) in [6.45, 7) is 4.23. The first-order chi connectivity index (χ1) is 8.49. The van der Waals surface area contributed by atoms with E-state index in [1.807, 2.05) is 11.7 Å². The third-order valence-electron chi connectivity index (χ3n) is 3.23. The number of nitrogens with two attached hydrogens (primary N) is 1. The lowest BCUT2D eigenvalue weighted by molar-refractivity contribution is 0.613. The second kappa shape index (κ2) is 5.24. The summed E-state index contributed by atoms with van der Waals surface area (Å²) in [6.07, 6.45) is 2.62. The van der Waals surface area contributed by atoms with Gasteiger partial charge in [-0.15, -0.1) is 0 Å². The summed E-state index contributed by atoms with van der Waals surface area (Å²) in [5, 5.41) is 4.21. The molecule has 2 aromatic rings. The minimum Gasteiger partial charge on any atom is -0.322 e. The molecule has 18 heavy (non-hydrogen) atoms. The molecule has 2 N–H and O–H groups in total. The molecule has 0 amide bonds. The van der Waals surface area contributed by atoms with Crippen molar-refractivity contribution in [3.8, 4) is 0 Å². The summed E-state index contributed by atoms with van der Waals surface area (Å²) >= 11 is 3.50. The molecule has 1 unspecified atom stereocenters. The highest BCUT2D eigenvalue weighted by molar-refractivity contribution is 9.10. The highest BCUT2D eigenvalue weighted by Crippen LogP contribution is 2.25. The van der Waals surface area contributed by atoms with Crippen LogP contribution in [0.3, 0.4) is 0 Å². The number of rotatable bonds is 3. The Morgan fingerprint density at radius 1 is 1.39 bits per heavy atom. The first kappa shape index (κ1) is 13.3. The molecule has 2 rings (SSSR count). The van der Waals surface area contributed by atoms with Gasteiger partial charge in [0.15, 0.2) is 0 Å². The molecule has 0 radical (unpaired) electrons. The van der Waals surface area contributed by atoms with Crippen LogP contribution in [0.2, 0.25) is 0 Å². The Bertz CT molecular complexity index is 541. The SMILES string of the molecule is Cc1ccc(C)c(CC(N)c2c(Br)cnn2C)c1. The van der Waals surface area contributed by atoms with Gasteiger partial charge < -0.3 is 5.73 Å². The lowest BCUT2D eigenvalue weighted by Crippen LogP contribution is -2.18. The van der Waals surface area contributed by atoms with Crippen LogP contribution in [-0.2, 0) is 13.5 Å². The second-order valence-electron chi connectivity index (χ2n) is 4.74. The first-order valence-electron chi connectivity index (χ1n) is 5.98. The van der Waals surface area contributed by atoms with Gasteiger partial charge in [-0.3, -0.25) is 4.68 Å². The Morgan fingerprint density at radius 2 is 2.11 bits per heavy atom. The molecule has 1 aromatic heterocycles. The Balaban J connectivity index is 2.26. The summed E-state index contributed by atoms with van der Waals surface area (Å²) in [4.78, 5) is 0. The van der Waals surface area contributed by atoms with Crippen LogP contribution in [0.1, 0.15) is 28.4 Å². The van der Waals surface area contributed by atoms with Crippen LogP contribution in [0.4, 0.5) is 0 Å². The van der Waals surface area contributed by atoms with Gasteiger partial charge in [0.05, 0.1) is 22.4 Å². The van der Waals surface area contributed by atoms with Gasteiger partial charge in [0, 0.05) is 7.05 Å². The third-order valence-corrected chi connectivity index (χ3v) is 3.84. The highest BCUT2D eigenvalue weighted by Gasteiger charge is 2.16. The van der Waals surface area contributed by atoms with E-state index < -0.39 is 0 Å². The molecule has 4 heteroatoms. The molecule has 1 aromatic carbocycles. The van der Waals surface area contributed by atoms with Gasteiger partial charge in [0.1, 0.15) is 0 Å². The van der Waals surface area contributed by atoms with E-state index in [-0.39, 0.29) is 6.04 Å². The van der Waals surface area contributed by atoms with Crippen molar-refractivity contribution in [3.63, 3.8) is 0 Å². The Kier molecular flexibility index (Phi) is 3.88. The lowest BCUT2D eigenvalue weighted by atomic mass is 9.98. The van der Waals surface area contributed by atoms with E-state index in [2.05, 4.69) is 53.1 Å². The van der Waals surface area contributed by atoms with Gasteiger partial charge in [0.25, 0.3) is 0 Å². The van der Waals surface area contributed by atoms with Crippen molar-refractivity contribution in [1.29, 1.82) is 0 Å². The average Bonchev–Trinajstić information content (AvgIpc) is 2.63. The molecular weight excluding hydrogens is 290 g/mol. The quantitative estimate of drug-likeness (QED) is 0.947. The number of benzene rings is 1. The van der Waals surface area contributed by atoms with Crippen molar-refractivity contribution in [2.24, 2.45) is 12.8 Å². The van der Waals surface area contributed by atoms with Crippen molar-refractivity contribution < 1.29 is 0 Å². The molecule has 96 valence electrons. The standard InChI is InChI=1S/C14H18BrN3/c1-9-4-5-10(2)11(6-9)7-13(16)14-12(15)8-17-18(14)3/h4-6,8,13H,7,16H2,1-3H3. The minimum atomic E-state index is -0.0487. The summed E-state index contributed by atoms with van der Waals surface area (Å²) in [5.41, 5.74) is 11.2. The predicted octanol–water partition coefficient (Wildman–Crippen LogP) is 3.04. The van der Waals surface area contributed by atoms with Gasteiger partial charge in [-0.2, -0.15) is 5.10 Å². The van der Waals surface area contributed by atoms with E-state index in [0.29, 0.717) is 0 Å². The topological polar surface area (TPSA) is 43.8 Å². The minimum absolute atomic E-state index is 0.0487. The van der Waals surface area contributed by atoms with Crippen LogP contribution >= 0.6 is 15.9 Å². The molecule has 0 saturated heterocycles. The van der Waals surface area contributed by atoms with E-state index >= 15 is 0 Å². The largest absolute Gasteiger partial charge is 0.322 e. The maximum Gasteiger partial charge on any atom is 0.0693 e. The number of hydrogen-bond acceptors (Lipinski definition) is 2. The van der Waals surface area contributed by atoms with Gasteiger partial charge in [0.2, 0.25) is 0 Å². The zero-order chi connectivity index (χ0) is 13.3. The smallest absolute Gasteiger partial charge is 0.0693 e. The molecule has 0 bridgehead atoms. The average molecular weight is 308 g/mol. The number of aromatic nitrogens is 2. The van der Waals surface area contributed by atoms with E-state index in [0.717, 1.165) is 16.6 Å². The zero-order valence-corrected chi connectivity index (χ0v) is 12.5. The number of aryl methyl sites for hydroxylation is 3. The Labute approximate surface area is 116 Å². The van der Waals surface area contributed by atoms with Crippen molar-refractivity contribution in [2.75, 3.05) is 0 Å². The van der Waals surface area contributed by atoms with Crippen LogP contribution in [0.5, 0.6) is 0 Å². The van der Waals surface area contributed by atoms with E-state index in [1.54, 1.807) is 6.20 Å². The van der Waals surface area contributed by atoms with Crippen molar-refractivity contribution in [2.45, 2.75) is 26.3 Å². The summed E-state index contributed by atoms with van der Waals surface area (Å²) in [7, 11) is 1.92. The maximum absolute atomic E-state index is 6.30. The number of hydrogen-bond donors (Lipinski definition) is 1. The van der Waals surface area contributed by atoms with Gasteiger partial charge in [-0.05, 0) is 47.3 Å². The normalized spacial score (nSPS) is 12.7. The monoisotopic (exact) mass is 307 g/mol.